The third-order valence-corrected chi connectivity index (χ3v) is 3.65. The summed E-state index contributed by atoms with van der Waals surface area (Å²) in [4.78, 5) is 4.42. The van der Waals surface area contributed by atoms with Crippen molar-refractivity contribution in [1.29, 1.82) is 0 Å². The van der Waals surface area contributed by atoms with Gasteiger partial charge in [0, 0.05) is 23.3 Å². The van der Waals surface area contributed by atoms with E-state index in [9.17, 15) is 0 Å². The highest BCUT2D eigenvalue weighted by atomic mass is 79.9. The molecule has 1 aromatic rings. The van der Waals surface area contributed by atoms with Gasteiger partial charge in [-0.15, -0.1) is 0 Å². The minimum absolute atomic E-state index is 0.966. The standard InChI is InChI=1S/C11H13BrN2S/c12-10-4-1-3-9(7-10)8-15-11-13-5-2-6-14-11/h1,3-4,7H,2,5-6,8H2,(H,13,14). The molecule has 2 rings (SSSR count). The lowest BCUT2D eigenvalue weighted by molar-refractivity contribution is 0.751. The van der Waals surface area contributed by atoms with E-state index in [0.717, 1.165) is 34.9 Å². The molecule has 0 amide bonds. The number of benzene rings is 1. The van der Waals surface area contributed by atoms with Gasteiger partial charge in [0.15, 0.2) is 5.17 Å². The molecule has 1 aliphatic heterocycles. The number of hydrogen-bond acceptors (Lipinski definition) is 3. The number of nitrogens with one attached hydrogen (secondary N) is 1. The Morgan fingerprint density at radius 2 is 2.40 bits per heavy atom. The smallest absolute Gasteiger partial charge is 0.156 e. The zero-order chi connectivity index (χ0) is 10.5. The van der Waals surface area contributed by atoms with Gasteiger partial charge in [0.05, 0.1) is 0 Å². The van der Waals surface area contributed by atoms with E-state index < -0.39 is 0 Å². The molecule has 80 valence electrons. The largest absolute Gasteiger partial charge is 0.365 e. The molecule has 0 saturated carbocycles. The van der Waals surface area contributed by atoms with Crippen LogP contribution in [-0.4, -0.2) is 18.3 Å². The monoisotopic (exact) mass is 284 g/mol. The minimum atomic E-state index is 0.966. The van der Waals surface area contributed by atoms with Crippen LogP contribution >= 0.6 is 27.7 Å². The summed E-state index contributed by atoms with van der Waals surface area (Å²) in [5.74, 6) is 0.977. The van der Waals surface area contributed by atoms with Crippen LogP contribution in [0, 0.1) is 0 Å². The Kier molecular flexibility index (Phi) is 4.09. The van der Waals surface area contributed by atoms with Gasteiger partial charge < -0.3 is 5.32 Å². The van der Waals surface area contributed by atoms with Crippen LogP contribution in [0.25, 0.3) is 0 Å². The fraction of sp³-hybridized carbons (Fsp3) is 0.364. The predicted octanol–water partition coefficient (Wildman–Crippen LogP) is 3.03. The molecule has 0 bridgehead atoms. The Hall–Kier alpha value is -0.480. The van der Waals surface area contributed by atoms with Gasteiger partial charge in [0.25, 0.3) is 0 Å². The molecule has 1 aliphatic rings. The van der Waals surface area contributed by atoms with Crippen LogP contribution in [-0.2, 0) is 5.75 Å². The molecule has 0 unspecified atom stereocenters. The molecule has 0 fully saturated rings. The van der Waals surface area contributed by atoms with Crippen molar-refractivity contribution in [2.24, 2.45) is 4.99 Å². The lowest BCUT2D eigenvalue weighted by Crippen LogP contribution is -2.26. The lowest BCUT2D eigenvalue weighted by atomic mass is 10.2. The molecule has 15 heavy (non-hydrogen) atoms. The van der Waals surface area contributed by atoms with Gasteiger partial charge in [-0.2, -0.15) is 0 Å². The molecule has 1 aromatic carbocycles. The topological polar surface area (TPSA) is 24.4 Å². The molecule has 1 N–H and O–H groups in total. The van der Waals surface area contributed by atoms with Gasteiger partial charge in [-0.25, -0.2) is 0 Å². The van der Waals surface area contributed by atoms with Crippen molar-refractivity contribution in [3.63, 3.8) is 0 Å². The third-order valence-electron chi connectivity index (χ3n) is 2.13. The van der Waals surface area contributed by atoms with Gasteiger partial charge >= 0.3 is 0 Å². The van der Waals surface area contributed by atoms with E-state index in [-0.39, 0.29) is 0 Å². The molecular formula is C11H13BrN2S. The average molecular weight is 285 g/mol. The van der Waals surface area contributed by atoms with Crippen LogP contribution in [0.1, 0.15) is 12.0 Å². The summed E-state index contributed by atoms with van der Waals surface area (Å²) in [7, 11) is 0. The number of thioether (sulfide) groups is 1. The van der Waals surface area contributed by atoms with Crippen LogP contribution in [0.4, 0.5) is 0 Å². The molecule has 0 radical (unpaired) electrons. The summed E-state index contributed by atoms with van der Waals surface area (Å²) >= 11 is 5.25. The summed E-state index contributed by atoms with van der Waals surface area (Å²) in [6, 6.07) is 8.40. The molecular weight excluding hydrogens is 272 g/mol. The summed E-state index contributed by atoms with van der Waals surface area (Å²) < 4.78 is 1.14. The summed E-state index contributed by atoms with van der Waals surface area (Å²) in [6.07, 6.45) is 1.15. The molecule has 0 spiro atoms. The first-order valence-corrected chi connectivity index (χ1v) is 6.78. The van der Waals surface area contributed by atoms with Crippen LogP contribution in [0.15, 0.2) is 33.7 Å². The number of halogens is 1. The molecule has 4 heteroatoms. The fourth-order valence-corrected chi connectivity index (χ4v) is 2.70. The minimum Gasteiger partial charge on any atom is -0.365 e. The highest BCUT2D eigenvalue weighted by molar-refractivity contribution is 9.10. The quantitative estimate of drug-likeness (QED) is 0.903. The van der Waals surface area contributed by atoms with E-state index in [2.05, 4.69) is 44.4 Å². The lowest BCUT2D eigenvalue weighted by Gasteiger charge is -2.13. The van der Waals surface area contributed by atoms with Crippen molar-refractivity contribution in [3.8, 4) is 0 Å². The highest BCUT2D eigenvalue weighted by Crippen LogP contribution is 2.18. The molecule has 0 aliphatic carbocycles. The Bertz CT molecular complexity index is 365. The van der Waals surface area contributed by atoms with Crippen molar-refractivity contribution < 1.29 is 0 Å². The van der Waals surface area contributed by atoms with Crippen molar-refractivity contribution in [2.45, 2.75) is 12.2 Å². The zero-order valence-corrected chi connectivity index (χ0v) is 10.8. The number of nitrogens with zero attached hydrogens (tertiary/aromatic N) is 1. The maximum absolute atomic E-state index is 4.42. The summed E-state index contributed by atoms with van der Waals surface area (Å²) in [5.41, 5.74) is 1.32. The normalized spacial score (nSPS) is 15.7. The Labute approximate surface area is 103 Å². The van der Waals surface area contributed by atoms with E-state index in [1.54, 1.807) is 11.8 Å². The zero-order valence-electron chi connectivity index (χ0n) is 8.37. The van der Waals surface area contributed by atoms with Crippen molar-refractivity contribution in [1.82, 2.24) is 5.32 Å². The second kappa shape index (κ2) is 5.56. The maximum atomic E-state index is 4.42. The van der Waals surface area contributed by atoms with Gasteiger partial charge in [0.2, 0.25) is 0 Å². The first-order valence-electron chi connectivity index (χ1n) is 5.00. The van der Waals surface area contributed by atoms with E-state index in [1.807, 2.05) is 6.07 Å². The third kappa shape index (κ3) is 3.54. The summed E-state index contributed by atoms with van der Waals surface area (Å²) in [5, 5.41) is 4.39. The van der Waals surface area contributed by atoms with Crippen molar-refractivity contribution in [2.75, 3.05) is 13.1 Å². The predicted molar refractivity (Wildman–Crippen MR) is 70.4 cm³/mol. The first kappa shape index (κ1) is 11.0. The van der Waals surface area contributed by atoms with Gasteiger partial charge in [0.1, 0.15) is 0 Å². The van der Waals surface area contributed by atoms with Crippen molar-refractivity contribution >= 4 is 32.9 Å². The van der Waals surface area contributed by atoms with Gasteiger partial charge in [-0.1, -0.05) is 39.8 Å². The average Bonchev–Trinajstić information content (AvgIpc) is 2.28. The highest BCUT2D eigenvalue weighted by Gasteiger charge is 2.04. The molecule has 1 heterocycles. The molecule has 0 saturated heterocycles. The Morgan fingerprint density at radius 3 is 3.13 bits per heavy atom. The van der Waals surface area contributed by atoms with E-state index >= 15 is 0 Å². The number of rotatable bonds is 2. The van der Waals surface area contributed by atoms with Gasteiger partial charge in [-0.3, -0.25) is 4.99 Å². The van der Waals surface area contributed by atoms with Crippen LogP contribution < -0.4 is 5.32 Å². The van der Waals surface area contributed by atoms with Crippen molar-refractivity contribution in [3.05, 3.63) is 34.3 Å². The second-order valence-electron chi connectivity index (χ2n) is 3.39. The summed E-state index contributed by atoms with van der Waals surface area (Å²) in [6.45, 7) is 2.03. The Balaban J connectivity index is 1.90. The number of amidine groups is 1. The SMILES string of the molecule is Brc1cccc(CSC2=NCCCN2)c1. The van der Waals surface area contributed by atoms with E-state index in [1.165, 1.54) is 5.56 Å². The van der Waals surface area contributed by atoms with Crippen LogP contribution in [0.2, 0.25) is 0 Å². The van der Waals surface area contributed by atoms with Crippen LogP contribution in [0.5, 0.6) is 0 Å². The molecule has 0 aromatic heterocycles. The number of hydrogen-bond donors (Lipinski definition) is 1. The van der Waals surface area contributed by atoms with Crippen LogP contribution in [0.3, 0.4) is 0 Å². The number of aliphatic imine (C=N–C) groups is 1. The maximum Gasteiger partial charge on any atom is 0.156 e. The Morgan fingerprint density at radius 1 is 1.47 bits per heavy atom. The fourth-order valence-electron chi connectivity index (χ4n) is 1.39. The van der Waals surface area contributed by atoms with E-state index in [4.69, 9.17) is 0 Å². The second-order valence-corrected chi connectivity index (χ2v) is 5.27. The van der Waals surface area contributed by atoms with Gasteiger partial charge in [-0.05, 0) is 24.1 Å². The van der Waals surface area contributed by atoms with E-state index in [0.29, 0.717) is 0 Å². The first-order chi connectivity index (χ1) is 7.34. The molecule has 0 atom stereocenters. The molecule has 2 nitrogen and oxygen atoms in total.